The number of nitrogens with zero attached hydrogens (tertiary/aromatic N) is 3. The molecule has 4 rings (SSSR count). The van der Waals surface area contributed by atoms with Crippen LogP contribution in [0.15, 0.2) is 22.8 Å². The van der Waals surface area contributed by atoms with Crippen LogP contribution in [-0.4, -0.2) is 45.4 Å². The first-order valence-corrected chi connectivity index (χ1v) is 10.6. The van der Waals surface area contributed by atoms with Gasteiger partial charge in [0.25, 0.3) is 0 Å². The van der Waals surface area contributed by atoms with Gasteiger partial charge in [0.15, 0.2) is 17.6 Å². The number of piperidine rings is 1. The van der Waals surface area contributed by atoms with Crippen molar-refractivity contribution in [1.29, 1.82) is 0 Å². The van der Waals surface area contributed by atoms with Crippen molar-refractivity contribution < 1.29 is 24.0 Å². The monoisotopic (exact) mass is 405 g/mol. The van der Waals surface area contributed by atoms with Gasteiger partial charge in [-0.05, 0) is 19.1 Å². The Labute approximate surface area is 166 Å². The molecule has 0 unspecified atom stereocenters. The van der Waals surface area contributed by atoms with E-state index >= 15 is 0 Å². The van der Waals surface area contributed by atoms with E-state index in [0.29, 0.717) is 17.4 Å². The lowest BCUT2D eigenvalue weighted by atomic mass is 9.95. The van der Waals surface area contributed by atoms with Crippen LogP contribution in [0.3, 0.4) is 0 Å². The molecule has 0 aliphatic carbocycles. The molecule has 0 spiro atoms. The minimum Gasteiger partial charge on any atom is -0.492 e. The molecule has 8 nitrogen and oxygen atoms in total. The molecular weight excluding hydrogens is 380 g/mol. The SMILES string of the molecule is CCOC(=O)C1CC[NH+]([C@H](c2ccco2)c2sc3nc(CC)nn3c2O)CC1. The van der Waals surface area contributed by atoms with Crippen LogP contribution in [0.1, 0.15) is 49.2 Å². The molecule has 0 bridgehead atoms. The molecule has 4 heterocycles. The molecule has 1 atom stereocenters. The molecule has 3 aromatic heterocycles. The van der Waals surface area contributed by atoms with Gasteiger partial charge < -0.3 is 19.2 Å². The van der Waals surface area contributed by atoms with Gasteiger partial charge in [0, 0.05) is 19.3 Å². The molecule has 0 radical (unpaired) electrons. The number of furan rings is 1. The van der Waals surface area contributed by atoms with Crippen molar-refractivity contribution in [1.82, 2.24) is 14.6 Å². The Morgan fingerprint density at radius 1 is 1.46 bits per heavy atom. The number of nitrogens with one attached hydrogen (secondary N) is 1. The highest BCUT2D eigenvalue weighted by Gasteiger charge is 2.38. The van der Waals surface area contributed by atoms with Crippen molar-refractivity contribution in [3.05, 3.63) is 34.9 Å². The summed E-state index contributed by atoms with van der Waals surface area (Å²) in [5, 5.41) is 15.2. The summed E-state index contributed by atoms with van der Waals surface area (Å²) in [6, 6.07) is 3.63. The average Bonchev–Trinajstić information content (AvgIpc) is 3.42. The van der Waals surface area contributed by atoms with Gasteiger partial charge >= 0.3 is 5.97 Å². The van der Waals surface area contributed by atoms with E-state index in [0.717, 1.165) is 43.0 Å². The van der Waals surface area contributed by atoms with Crippen LogP contribution in [0.4, 0.5) is 0 Å². The van der Waals surface area contributed by atoms with Gasteiger partial charge in [-0.3, -0.25) is 4.79 Å². The zero-order valence-corrected chi connectivity index (χ0v) is 16.9. The fourth-order valence-electron chi connectivity index (χ4n) is 3.87. The Hall–Kier alpha value is -2.39. The number of ether oxygens (including phenoxy) is 1. The summed E-state index contributed by atoms with van der Waals surface area (Å²) in [6.07, 6.45) is 3.88. The number of aryl methyl sites for hydroxylation is 1. The van der Waals surface area contributed by atoms with Crippen LogP contribution in [0.25, 0.3) is 4.96 Å². The minimum atomic E-state index is -0.156. The van der Waals surface area contributed by atoms with E-state index in [4.69, 9.17) is 9.15 Å². The van der Waals surface area contributed by atoms with E-state index in [2.05, 4.69) is 10.1 Å². The smallest absolute Gasteiger partial charge is 0.309 e. The number of rotatable bonds is 6. The van der Waals surface area contributed by atoms with Gasteiger partial charge in [0.2, 0.25) is 10.8 Å². The third-order valence-electron chi connectivity index (χ3n) is 5.31. The summed E-state index contributed by atoms with van der Waals surface area (Å²) in [5.41, 5.74) is 0. The van der Waals surface area contributed by atoms with Crippen molar-refractivity contribution in [2.45, 2.75) is 39.2 Å². The van der Waals surface area contributed by atoms with Gasteiger partial charge in [-0.2, -0.15) is 4.52 Å². The fourth-order valence-corrected chi connectivity index (χ4v) is 5.01. The van der Waals surface area contributed by atoms with Crippen molar-refractivity contribution in [3.8, 4) is 5.88 Å². The molecule has 1 saturated heterocycles. The topological polar surface area (TPSA) is 94.3 Å². The van der Waals surface area contributed by atoms with Crippen molar-refractivity contribution in [2.24, 2.45) is 5.92 Å². The Bertz CT molecular complexity index is 941. The number of thiazole rings is 1. The van der Waals surface area contributed by atoms with Gasteiger partial charge in [-0.1, -0.05) is 18.3 Å². The second-order valence-electron chi connectivity index (χ2n) is 7.00. The number of carbonyl (C=O) groups excluding carboxylic acids is 1. The lowest BCUT2D eigenvalue weighted by Gasteiger charge is -2.32. The average molecular weight is 406 g/mol. The Kier molecular flexibility index (Phi) is 5.36. The number of esters is 1. The highest BCUT2D eigenvalue weighted by molar-refractivity contribution is 7.17. The first-order valence-electron chi connectivity index (χ1n) is 9.74. The predicted molar refractivity (Wildman–Crippen MR) is 103 cm³/mol. The van der Waals surface area contributed by atoms with Crippen LogP contribution in [0, 0.1) is 5.92 Å². The number of likely N-dealkylation sites (tertiary alicyclic amines) is 1. The molecule has 1 fully saturated rings. The Morgan fingerprint density at radius 2 is 2.25 bits per heavy atom. The first-order chi connectivity index (χ1) is 13.6. The van der Waals surface area contributed by atoms with Crippen molar-refractivity contribution in [3.63, 3.8) is 0 Å². The summed E-state index contributed by atoms with van der Waals surface area (Å²) >= 11 is 1.44. The second-order valence-corrected chi connectivity index (χ2v) is 8.01. The summed E-state index contributed by atoms with van der Waals surface area (Å²) in [6.45, 7) is 5.82. The van der Waals surface area contributed by atoms with Gasteiger partial charge in [0.05, 0.1) is 31.9 Å². The van der Waals surface area contributed by atoms with Crippen molar-refractivity contribution in [2.75, 3.05) is 19.7 Å². The number of aromatic hydroxyl groups is 1. The number of hydrogen-bond donors (Lipinski definition) is 2. The van der Waals surface area contributed by atoms with Crippen LogP contribution in [0.5, 0.6) is 5.88 Å². The third kappa shape index (κ3) is 3.40. The molecule has 1 aliphatic rings. The Morgan fingerprint density at radius 3 is 2.86 bits per heavy atom. The summed E-state index contributed by atoms with van der Waals surface area (Å²) in [5.74, 6) is 1.47. The molecule has 28 heavy (non-hydrogen) atoms. The van der Waals surface area contributed by atoms with Crippen molar-refractivity contribution >= 4 is 22.3 Å². The van der Waals surface area contributed by atoms with E-state index in [1.165, 1.54) is 20.8 Å². The maximum absolute atomic E-state index is 12.1. The lowest BCUT2D eigenvalue weighted by Crippen LogP contribution is -3.13. The highest BCUT2D eigenvalue weighted by Crippen LogP contribution is 2.35. The molecule has 0 amide bonds. The second kappa shape index (κ2) is 7.92. The highest BCUT2D eigenvalue weighted by atomic mass is 32.1. The summed E-state index contributed by atoms with van der Waals surface area (Å²) in [4.78, 5) is 19.3. The maximum Gasteiger partial charge on any atom is 0.309 e. The van der Waals surface area contributed by atoms with E-state index < -0.39 is 0 Å². The Balaban J connectivity index is 1.62. The number of aromatic nitrogens is 3. The maximum atomic E-state index is 12.1. The van der Waals surface area contributed by atoms with Crippen LogP contribution in [0.2, 0.25) is 0 Å². The zero-order chi connectivity index (χ0) is 19.7. The number of carbonyl (C=O) groups is 1. The zero-order valence-electron chi connectivity index (χ0n) is 16.1. The lowest BCUT2D eigenvalue weighted by molar-refractivity contribution is -0.931. The molecule has 3 aromatic rings. The van der Waals surface area contributed by atoms with Gasteiger partial charge in [-0.25, -0.2) is 4.98 Å². The minimum absolute atomic E-state index is 0.0519. The normalized spacial score (nSPS) is 21.1. The molecule has 1 aliphatic heterocycles. The van der Waals surface area contributed by atoms with Crippen LogP contribution in [-0.2, 0) is 16.0 Å². The number of fused-ring (bicyclic) bond motifs is 1. The quantitative estimate of drug-likeness (QED) is 0.605. The third-order valence-corrected chi connectivity index (χ3v) is 6.39. The molecule has 0 saturated carbocycles. The standard InChI is InChI=1S/C19H24N4O4S/c1-3-14-20-19-23(21-14)17(24)16(28-19)15(13-6-5-11-27-13)22-9-7-12(8-10-22)18(25)26-4-2/h5-6,11-12,15,24H,3-4,7-10H2,1-2H3/p+1/t15-/m1/s1. The van der Waals surface area contributed by atoms with Gasteiger partial charge in [0.1, 0.15) is 4.88 Å². The summed E-state index contributed by atoms with van der Waals surface area (Å²) in [7, 11) is 0. The first kappa shape index (κ1) is 18.9. The van der Waals surface area contributed by atoms with Gasteiger partial charge in [-0.15, -0.1) is 5.10 Å². The number of hydrogen-bond acceptors (Lipinski definition) is 7. The molecule has 9 heteroatoms. The molecule has 0 aromatic carbocycles. The molecular formula is C19H25N4O4S+. The largest absolute Gasteiger partial charge is 0.492 e. The molecule has 2 N–H and O–H groups in total. The van der Waals surface area contributed by atoms with Crippen LogP contribution >= 0.6 is 11.3 Å². The van der Waals surface area contributed by atoms with E-state index in [1.54, 1.807) is 6.26 Å². The van der Waals surface area contributed by atoms with Crippen LogP contribution < -0.4 is 4.90 Å². The summed E-state index contributed by atoms with van der Waals surface area (Å²) < 4.78 is 12.4. The predicted octanol–water partition coefficient (Wildman–Crippen LogP) is 1.60. The van der Waals surface area contributed by atoms with E-state index in [9.17, 15) is 9.90 Å². The van der Waals surface area contributed by atoms with E-state index in [-0.39, 0.29) is 23.8 Å². The molecule has 150 valence electrons. The van der Waals surface area contributed by atoms with E-state index in [1.807, 2.05) is 26.0 Å². The number of quaternary nitrogens is 1. The fraction of sp³-hybridized carbons (Fsp3) is 0.526.